The monoisotopic (exact) mass is 988 g/mol. The molecule has 0 atom stereocenters. The van der Waals surface area contributed by atoms with E-state index in [0.717, 1.165) is 60.4 Å². The molecule has 0 spiro atoms. The first-order chi connectivity index (χ1) is 30.6. The molecule has 6 heteroatoms. The maximum Gasteiger partial charge on any atom is 0.148 e. The fraction of sp³-hybridized carbons (Fsp3) is 0.241. The summed E-state index contributed by atoms with van der Waals surface area (Å²) in [6.45, 7) is 13.4. The summed E-state index contributed by atoms with van der Waals surface area (Å²) in [6.07, 6.45) is 4.36. The average Bonchev–Trinajstić information content (AvgIpc) is 3.86. The van der Waals surface area contributed by atoms with Gasteiger partial charge in [-0.05, 0) is 94.5 Å². The summed E-state index contributed by atoms with van der Waals surface area (Å²) in [5.74, 6) is 0. The largest absolute Gasteiger partial charge is 0.498 e. The van der Waals surface area contributed by atoms with Gasteiger partial charge < -0.3 is 14.4 Å². The Morgan fingerprint density at radius 3 is 2.13 bits per heavy atom. The molecule has 60 heavy (non-hydrogen) atoms. The van der Waals surface area contributed by atoms with E-state index >= 15 is 0 Å². The fourth-order valence-electron chi connectivity index (χ4n) is 7.55. The van der Waals surface area contributed by atoms with Crippen LogP contribution in [-0.2, 0) is 31.9 Å². The van der Waals surface area contributed by atoms with Crippen LogP contribution in [-0.4, -0.2) is 15.0 Å². The molecule has 0 amide bonds. The Kier molecular flexibility index (Phi) is 10.1. The smallest absolute Gasteiger partial charge is 0.148 e. The van der Waals surface area contributed by atoms with E-state index in [9.17, 15) is 0 Å². The van der Waals surface area contributed by atoms with E-state index in [4.69, 9.17) is 22.6 Å². The number of aryl methyl sites for hydroxylation is 4. The molecule has 0 aliphatic carbocycles. The first-order valence-corrected chi connectivity index (χ1v) is 20.7. The summed E-state index contributed by atoms with van der Waals surface area (Å²) < 4.78 is 53.4. The molecule has 0 N–H and O–H groups in total. The maximum absolute atomic E-state index is 7.76. The van der Waals surface area contributed by atoms with Gasteiger partial charge >= 0.3 is 0 Å². The van der Waals surface area contributed by atoms with Gasteiger partial charge in [0.15, 0.2) is 0 Å². The predicted octanol–water partition coefficient (Wildman–Crippen LogP) is 15.1. The number of pyridine rings is 2. The molecule has 4 nitrogen and oxygen atoms in total. The van der Waals surface area contributed by atoms with Crippen LogP contribution in [0.15, 0.2) is 120 Å². The second-order valence-electron chi connectivity index (χ2n) is 17.5. The van der Waals surface area contributed by atoms with E-state index in [0.29, 0.717) is 16.8 Å². The minimum atomic E-state index is -2.29. The predicted molar refractivity (Wildman–Crippen MR) is 249 cm³/mol. The van der Waals surface area contributed by atoms with Gasteiger partial charge in [0.1, 0.15) is 11.1 Å². The number of hydrogen-bond acceptors (Lipinski definition) is 5. The third-order valence-electron chi connectivity index (χ3n) is 10.4. The number of nitrogens with zero attached hydrogens (tertiary/aromatic N) is 3. The maximum atomic E-state index is 7.76. The van der Waals surface area contributed by atoms with Crippen molar-refractivity contribution in [2.24, 2.45) is 5.41 Å². The SMILES string of the molecule is Cc1cccc(C)c1-c1cc(-c2[c-]ccc3c2oc2c3ccc3sc(C(C)(C)C)nc32)ncc1CC(C)(C)C.[2H]C([2H])([2H])c1c[c-]c(-c2cc(-c3ccccc3)c(C([2H])([2H])[2H])cn2)cc1.[Ir]. The molecule has 0 saturated heterocycles. The van der Waals surface area contributed by atoms with Crippen molar-refractivity contribution in [1.29, 1.82) is 0 Å². The second-order valence-corrected chi connectivity index (χ2v) is 18.5. The number of thiazole rings is 1. The number of fused-ring (bicyclic) bond motifs is 5. The Morgan fingerprint density at radius 1 is 0.717 bits per heavy atom. The standard InChI is InChI=1S/C35H35N2OS.C19H16N.Ir/c1-20-11-9-12-21(2)29(20)26-17-27(36-19-22(26)18-34(3,4)5)25-14-10-13-23-24-15-16-28-30(32(24)38-31(23)25)37-33(39-28)35(6,7)8;1-14-8-10-17(11-9-14)19-12-18(15(2)13-20-19)16-6-4-3-5-7-16;/h9-13,15-17,19H,18H2,1-8H3;3-10,12-13H,1-2H3;/q2*-1;/i;1D3,2D3;. The Bertz CT molecular complexity index is 3170. The van der Waals surface area contributed by atoms with Crippen molar-refractivity contribution in [2.45, 2.75) is 80.9 Å². The number of aromatic nitrogens is 3. The van der Waals surface area contributed by atoms with Crippen LogP contribution in [0.25, 0.3) is 76.9 Å². The van der Waals surface area contributed by atoms with Crippen LogP contribution >= 0.6 is 11.3 Å². The van der Waals surface area contributed by atoms with Crippen LogP contribution in [0, 0.1) is 45.1 Å². The Labute approximate surface area is 381 Å². The topological polar surface area (TPSA) is 51.8 Å². The van der Waals surface area contributed by atoms with Crippen molar-refractivity contribution in [3.63, 3.8) is 0 Å². The molecule has 9 rings (SSSR count). The molecule has 0 saturated carbocycles. The van der Waals surface area contributed by atoms with Gasteiger partial charge in [0, 0.05) is 51.5 Å². The molecular formula is C54H51IrN3OS-2. The summed E-state index contributed by atoms with van der Waals surface area (Å²) >= 11 is 1.75. The quantitative estimate of drug-likeness (QED) is 0.161. The fourth-order valence-corrected chi connectivity index (χ4v) is 8.57. The summed E-state index contributed by atoms with van der Waals surface area (Å²) in [7, 11) is 0. The minimum absolute atomic E-state index is 0. The van der Waals surface area contributed by atoms with Gasteiger partial charge in [0.2, 0.25) is 0 Å². The molecule has 1 radical (unpaired) electrons. The number of rotatable bonds is 5. The Balaban J connectivity index is 0.000000210. The first-order valence-electron chi connectivity index (χ1n) is 22.9. The van der Waals surface area contributed by atoms with Crippen LogP contribution in [0.3, 0.4) is 0 Å². The first kappa shape index (κ1) is 35.5. The van der Waals surface area contributed by atoms with Gasteiger partial charge in [-0.3, -0.25) is 0 Å². The van der Waals surface area contributed by atoms with Crippen LogP contribution < -0.4 is 0 Å². The molecule has 0 aliphatic heterocycles. The third-order valence-corrected chi connectivity index (χ3v) is 11.8. The molecule has 9 aromatic rings. The number of hydrogen-bond donors (Lipinski definition) is 0. The Hall–Kier alpha value is -5.26. The van der Waals surface area contributed by atoms with E-state index in [1.807, 2.05) is 36.4 Å². The van der Waals surface area contributed by atoms with Crippen LogP contribution in [0.4, 0.5) is 0 Å². The van der Waals surface area contributed by atoms with Crippen molar-refractivity contribution < 1.29 is 32.7 Å². The number of furan rings is 1. The molecule has 305 valence electrons. The van der Waals surface area contributed by atoms with Crippen molar-refractivity contribution in [2.75, 3.05) is 0 Å². The summed E-state index contributed by atoms with van der Waals surface area (Å²) in [5, 5.41) is 3.27. The van der Waals surface area contributed by atoms with E-state index in [1.165, 1.54) is 46.1 Å². The normalized spacial score (nSPS) is 13.7. The molecule has 4 heterocycles. The second kappa shape index (κ2) is 17.0. The molecule has 5 aromatic carbocycles. The van der Waals surface area contributed by atoms with E-state index < -0.39 is 13.7 Å². The van der Waals surface area contributed by atoms with E-state index in [-0.39, 0.29) is 42.1 Å². The van der Waals surface area contributed by atoms with Crippen LogP contribution in [0.5, 0.6) is 0 Å². The van der Waals surface area contributed by atoms with Crippen molar-refractivity contribution in [1.82, 2.24) is 15.0 Å². The van der Waals surface area contributed by atoms with Gasteiger partial charge in [-0.2, -0.15) is 0 Å². The van der Waals surface area contributed by atoms with Gasteiger partial charge in [-0.1, -0.05) is 126 Å². The summed E-state index contributed by atoms with van der Waals surface area (Å²) in [6, 6.07) is 39.1. The van der Waals surface area contributed by atoms with Crippen molar-refractivity contribution in [3.05, 3.63) is 160 Å². The number of benzene rings is 5. The summed E-state index contributed by atoms with van der Waals surface area (Å²) in [5.41, 5.74) is 13.7. The van der Waals surface area contributed by atoms with E-state index in [2.05, 4.69) is 121 Å². The Morgan fingerprint density at radius 2 is 1.45 bits per heavy atom. The molecule has 0 bridgehead atoms. The average molecular weight is 988 g/mol. The van der Waals surface area contributed by atoms with Crippen molar-refractivity contribution in [3.8, 4) is 44.8 Å². The van der Waals surface area contributed by atoms with E-state index in [1.54, 1.807) is 23.5 Å². The zero-order valence-electron chi connectivity index (χ0n) is 41.2. The zero-order valence-corrected chi connectivity index (χ0v) is 38.4. The molecule has 0 fully saturated rings. The molecule has 0 aliphatic rings. The van der Waals surface area contributed by atoms with Gasteiger partial charge in [0.05, 0.1) is 15.3 Å². The van der Waals surface area contributed by atoms with Crippen molar-refractivity contribution >= 4 is 43.5 Å². The minimum Gasteiger partial charge on any atom is -0.498 e. The van der Waals surface area contributed by atoms with Crippen LogP contribution in [0.1, 0.15) is 82.6 Å². The van der Waals surface area contributed by atoms with Crippen LogP contribution in [0.2, 0.25) is 0 Å². The third kappa shape index (κ3) is 8.79. The zero-order chi connectivity index (χ0) is 46.6. The van der Waals surface area contributed by atoms with Gasteiger partial charge in [-0.15, -0.1) is 64.9 Å². The summed E-state index contributed by atoms with van der Waals surface area (Å²) in [4.78, 5) is 14.3. The molecule has 0 unspecified atom stereocenters. The van der Waals surface area contributed by atoms with Gasteiger partial charge in [0.25, 0.3) is 0 Å². The molecule has 4 aromatic heterocycles. The molecular weight excluding hydrogens is 931 g/mol. The van der Waals surface area contributed by atoms with Gasteiger partial charge in [-0.25, -0.2) is 4.98 Å².